The number of nitrogens with zero attached hydrogens (tertiary/aromatic N) is 1. The zero-order valence-corrected chi connectivity index (χ0v) is 12.7. The molecule has 0 saturated heterocycles. The summed E-state index contributed by atoms with van der Waals surface area (Å²) < 4.78 is 0. The van der Waals surface area contributed by atoms with Crippen LogP contribution in [0.3, 0.4) is 0 Å². The lowest BCUT2D eigenvalue weighted by atomic mass is 10.1. The van der Waals surface area contributed by atoms with Crippen molar-refractivity contribution in [2.75, 3.05) is 0 Å². The average molecular weight is 310 g/mol. The number of thiazole rings is 1. The summed E-state index contributed by atoms with van der Waals surface area (Å²) in [5, 5.41) is 1.60. The van der Waals surface area contributed by atoms with Gasteiger partial charge in [0.25, 0.3) is 5.91 Å². The van der Waals surface area contributed by atoms with Crippen LogP contribution >= 0.6 is 22.9 Å². The van der Waals surface area contributed by atoms with Gasteiger partial charge < -0.3 is 0 Å². The summed E-state index contributed by atoms with van der Waals surface area (Å²) in [6, 6.07) is 7.65. The number of hydrogen-bond acceptors (Lipinski definition) is 4. The van der Waals surface area contributed by atoms with E-state index < -0.39 is 0 Å². The SMILES string of the molecule is CCCc1nc(Cc2cccc(Cl)c2)sc1C(=O)NN. The molecule has 1 heterocycles. The van der Waals surface area contributed by atoms with Crippen molar-refractivity contribution in [1.29, 1.82) is 0 Å². The standard InChI is InChI=1S/C14H16ClN3OS/c1-2-4-11-13(14(19)18-16)20-12(17-11)8-9-5-3-6-10(15)7-9/h3,5-7H,2,4,8,16H2,1H3,(H,18,19). The number of hydrogen-bond donors (Lipinski definition) is 2. The van der Waals surface area contributed by atoms with Gasteiger partial charge in [-0.15, -0.1) is 11.3 Å². The Morgan fingerprint density at radius 1 is 1.50 bits per heavy atom. The Bertz CT molecular complexity index is 612. The maximum absolute atomic E-state index is 11.7. The molecule has 0 radical (unpaired) electrons. The highest BCUT2D eigenvalue weighted by molar-refractivity contribution is 7.13. The average Bonchev–Trinajstić information content (AvgIpc) is 2.81. The third-order valence-electron chi connectivity index (χ3n) is 2.81. The van der Waals surface area contributed by atoms with E-state index >= 15 is 0 Å². The lowest BCUT2D eigenvalue weighted by molar-refractivity contribution is 0.0956. The van der Waals surface area contributed by atoms with Gasteiger partial charge in [0.1, 0.15) is 4.88 Å². The summed E-state index contributed by atoms with van der Waals surface area (Å²) in [5.41, 5.74) is 4.07. The minimum Gasteiger partial charge on any atom is -0.289 e. The van der Waals surface area contributed by atoms with E-state index in [-0.39, 0.29) is 5.91 Å². The second kappa shape index (κ2) is 6.83. The number of halogens is 1. The van der Waals surface area contributed by atoms with E-state index in [0.717, 1.165) is 29.1 Å². The number of amides is 1. The number of aromatic nitrogens is 1. The summed E-state index contributed by atoms with van der Waals surface area (Å²) in [7, 11) is 0. The van der Waals surface area contributed by atoms with Crippen LogP contribution in [0.15, 0.2) is 24.3 Å². The lowest BCUT2D eigenvalue weighted by Gasteiger charge is -1.98. The first-order chi connectivity index (χ1) is 9.63. The van der Waals surface area contributed by atoms with Crippen LogP contribution in [-0.4, -0.2) is 10.9 Å². The van der Waals surface area contributed by atoms with Gasteiger partial charge in [0.15, 0.2) is 0 Å². The van der Waals surface area contributed by atoms with Crippen molar-refractivity contribution in [3.8, 4) is 0 Å². The Hall–Kier alpha value is -1.43. The molecule has 0 bridgehead atoms. The van der Waals surface area contributed by atoms with Crippen LogP contribution in [-0.2, 0) is 12.8 Å². The molecule has 2 rings (SSSR count). The highest BCUT2D eigenvalue weighted by atomic mass is 35.5. The predicted molar refractivity (Wildman–Crippen MR) is 82.0 cm³/mol. The van der Waals surface area contributed by atoms with E-state index in [0.29, 0.717) is 16.3 Å². The second-order valence-corrected chi connectivity index (χ2v) is 5.93. The number of nitrogens with two attached hydrogens (primary N) is 1. The van der Waals surface area contributed by atoms with Gasteiger partial charge in [-0.3, -0.25) is 10.2 Å². The first kappa shape index (κ1) is 15.0. The molecule has 4 nitrogen and oxygen atoms in total. The molecule has 106 valence electrons. The normalized spacial score (nSPS) is 10.6. The molecule has 0 fully saturated rings. The molecule has 0 aliphatic heterocycles. The Morgan fingerprint density at radius 3 is 2.95 bits per heavy atom. The van der Waals surface area contributed by atoms with Crippen molar-refractivity contribution < 1.29 is 4.79 Å². The quantitative estimate of drug-likeness (QED) is 0.507. The summed E-state index contributed by atoms with van der Waals surface area (Å²) >= 11 is 7.36. The van der Waals surface area contributed by atoms with Gasteiger partial charge >= 0.3 is 0 Å². The van der Waals surface area contributed by atoms with Crippen molar-refractivity contribution >= 4 is 28.8 Å². The minimum atomic E-state index is -0.275. The van der Waals surface area contributed by atoms with Crippen LogP contribution in [0.4, 0.5) is 0 Å². The number of aryl methyl sites for hydroxylation is 1. The van der Waals surface area contributed by atoms with Gasteiger partial charge in [-0.1, -0.05) is 37.1 Å². The van der Waals surface area contributed by atoms with Gasteiger partial charge in [0.05, 0.1) is 10.7 Å². The largest absolute Gasteiger partial charge is 0.289 e. The summed E-state index contributed by atoms with van der Waals surface area (Å²) in [5.74, 6) is 4.94. The first-order valence-electron chi connectivity index (χ1n) is 6.38. The summed E-state index contributed by atoms with van der Waals surface area (Å²) in [6.45, 7) is 2.06. The molecule has 0 unspecified atom stereocenters. The lowest BCUT2D eigenvalue weighted by Crippen LogP contribution is -2.30. The van der Waals surface area contributed by atoms with E-state index in [1.807, 2.05) is 24.3 Å². The smallest absolute Gasteiger partial charge is 0.277 e. The highest BCUT2D eigenvalue weighted by Crippen LogP contribution is 2.23. The molecule has 0 spiro atoms. The van der Waals surface area contributed by atoms with Crippen molar-refractivity contribution in [2.45, 2.75) is 26.2 Å². The number of benzene rings is 1. The van der Waals surface area contributed by atoms with Gasteiger partial charge in [0.2, 0.25) is 0 Å². The fourth-order valence-electron chi connectivity index (χ4n) is 1.95. The highest BCUT2D eigenvalue weighted by Gasteiger charge is 2.16. The van der Waals surface area contributed by atoms with Gasteiger partial charge in [0, 0.05) is 11.4 Å². The number of carbonyl (C=O) groups is 1. The molecule has 1 amide bonds. The third kappa shape index (κ3) is 3.56. The number of nitrogen functional groups attached to an aromatic ring is 1. The molecule has 0 aliphatic rings. The van der Waals surface area contributed by atoms with E-state index in [1.165, 1.54) is 11.3 Å². The monoisotopic (exact) mass is 309 g/mol. The van der Waals surface area contributed by atoms with Gasteiger partial charge in [-0.25, -0.2) is 10.8 Å². The maximum atomic E-state index is 11.7. The molecular formula is C14H16ClN3OS. The van der Waals surface area contributed by atoms with Crippen molar-refractivity contribution in [1.82, 2.24) is 10.4 Å². The van der Waals surface area contributed by atoms with Crippen LogP contribution in [0.5, 0.6) is 0 Å². The second-order valence-electron chi connectivity index (χ2n) is 4.41. The van der Waals surface area contributed by atoms with E-state index in [4.69, 9.17) is 17.4 Å². The Balaban J connectivity index is 2.26. The predicted octanol–water partition coefficient (Wildman–Crippen LogP) is 2.94. The topological polar surface area (TPSA) is 68.0 Å². The van der Waals surface area contributed by atoms with Crippen LogP contribution in [0.25, 0.3) is 0 Å². The molecule has 0 saturated carbocycles. The minimum absolute atomic E-state index is 0.275. The maximum Gasteiger partial charge on any atom is 0.277 e. The molecule has 0 aliphatic carbocycles. The van der Waals surface area contributed by atoms with Crippen LogP contribution in [0.2, 0.25) is 5.02 Å². The first-order valence-corrected chi connectivity index (χ1v) is 7.57. The Morgan fingerprint density at radius 2 is 2.30 bits per heavy atom. The fraction of sp³-hybridized carbons (Fsp3) is 0.286. The number of nitrogens with one attached hydrogen (secondary N) is 1. The molecule has 2 aromatic rings. The summed E-state index contributed by atoms with van der Waals surface area (Å²) in [4.78, 5) is 16.9. The van der Waals surface area contributed by atoms with Gasteiger partial charge in [-0.05, 0) is 24.1 Å². The van der Waals surface area contributed by atoms with Crippen molar-refractivity contribution in [3.63, 3.8) is 0 Å². The number of carbonyl (C=O) groups excluding carboxylic acids is 1. The molecule has 0 atom stereocenters. The van der Waals surface area contributed by atoms with Gasteiger partial charge in [-0.2, -0.15) is 0 Å². The van der Waals surface area contributed by atoms with Crippen molar-refractivity contribution in [2.24, 2.45) is 5.84 Å². The molecule has 20 heavy (non-hydrogen) atoms. The molecular weight excluding hydrogens is 294 g/mol. The number of hydrazine groups is 1. The van der Waals surface area contributed by atoms with E-state index in [1.54, 1.807) is 0 Å². The molecule has 6 heteroatoms. The third-order valence-corrected chi connectivity index (χ3v) is 4.14. The van der Waals surface area contributed by atoms with Crippen LogP contribution in [0.1, 0.15) is 39.3 Å². The van der Waals surface area contributed by atoms with E-state index in [9.17, 15) is 4.79 Å². The molecule has 3 N–H and O–H groups in total. The Labute approximate surface area is 126 Å². The molecule has 1 aromatic heterocycles. The van der Waals surface area contributed by atoms with Crippen molar-refractivity contribution in [3.05, 3.63) is 50.4 Å². The fourth-order valence-corrected chi connectivity index (χ4v) is 3.21. The van der Waals surface area contributed by atoms with Crippen LogP contribution in [0, 0.1) is 0 Å². The zero-order chi connectivity index (χ0) is 14.5. The number of rotatable bonds is 5. The molecule has 1 aromatic carbocycles. The van der Waals surface area contributed by atoms with Crippen LogP contribution < -0.4 is 11.3 Å². The summed E-state index contributed by atoms with van der Waals surface area (Å²) in [6.07, 6.45) is 2.37. The van der Waals surface area contributed by atoms with E-state index in [2.05, 4.69) is 17.3 Å². The zero-order valence-electron chi connectivity index (χ0n) is 11.1. The Kier molecular flexibility index (Phi) is 5.11.